The van der Waals surface area contributed by atoms with Gasteiger partial charge in [0.2, 0.25) is 0 Å². The van der Waals surface area contributed by atoms with Gasteiger partial charge in [0.15, 0.2) is 0 Å². The highest BCUT2D eigenvalue weighted by molar-refractivity contribution is 6.36. The summed E-state index contributed by atoms with van der Waals surface area (Å²) in [6, 6.07) is 1.94. The minimum Gasteiger partial charge on any atom is -0.234 e. The van der Waals surface area contributed by atoms with E-state index in [1.165, 1.54) is 25.7 Å². The van der Waals surface area contributed by atoms with Gasteiger partial charge in [-0.1, -0.05) is 37.8 Å². The largest absolute Gasteiger partial charge is 0.234 e. The van der Waals surface area contributed by atoms with Crippen molar-refractivity contribution >= 4 is 30.6 Å². The zero-order valence-corrected chi connectivity index (χ0v) is 11.2. The first-order chi connectivity index (χ1) is 8.66. The van der Waals surface area contributed by atoms with Crippen LogP contribution in [0.1, 0.15) is 44.2 Å². The predicted octanol–water partition coefficient (Wildman–Crippen LogP) is 2.47. The summed E-state index contributed by atoms with van der Waals surface area (Å²) in [5.74, 6) is 1.16. The third-order valence-electron chi connectivity index (χ3n) is 3.97. The maximum Gasteiger partial charge on any atom is 0.149 e. The van der Waals surface area contributed by atoms with Gasteiger partial charge in [-0.05, 0) is 23.9 Å². The maximum atomic E-state index is 6.25. The van der Waals surface area contributed by atoms with Crippen LogP contribution in [-0.2, 0) is 0 Å². The van der Waals surface area contributed by atoms with Crippen molar-refractivity contribution in [1.29, 1.82) is 0 Å². The molecule has 2 atom stereocenters. The Kier molecular flexibility index (Phi) is 3.06. The van der Waals surface area contributed by atoms with Gasteiger partial charge < -0.3 is 0 Å². The molecule has 1 fully saturated rings. The van der Waals surface area contributed by atoms with E-state index >= 15 is 0 Å². The van der Waals surface area contributed by atoms with Crippen LogP contribution in [0.4, 0.5) is 0 Å². The van der Waals surface area contributed by atoms with Crippen molar-refractivity contribution in [3.05, 3.63) is 23.1 Å². The van der Waals surface area contributed by atoms with Gasteiger partial charge in [-0.3, -0.25) is 0 Å². The number of fused-ring (bicyclic) bond motifs is 1. The standard InChI is InChI=1S/C13H15BClN3/c1-8-4-2-3-5-9(8)11-6-12(15)18-13(17-11)10(14)7-16-18/h6-9H,2-5H2,1H3. The van der Waals surface area contributed by atoms with E-state index in [4.69, 9.17) is 19.4 Å². The Bertz CT molecular complexity index is 581. The van der Waals surface area contributed by atoms with Crippen LogP contribution in [0.25, 0.3) is 5.65 Å². The molecule has 2 aromatic heterocycles. The molecule has 0 bridgehead atoms. The van der Waals surface area contributed by atoms with E-state index in [0.29, 0.717) is 28.1 Å². The van der Waals surface area contributed by atoms with Crippen molar-refractivity contribution in [1.82, 2.24) is 14.6 Å². The summed E-state index contributed by atoms with van der Waals surface area (Å²) < 4.78 is 1.59. The number of rotatable bonds is 1. The number of aromatic nitrogens is 3. The highest BCUT2D eigenvalue weighted by Gasteiger charge is 2.25. The molecule has 0 amide bonds. The molecule has 0 spiro atoms. The van der Waals surface area contributed by atoms with Crippen LogP contribution in [0.2, 0.25) is 5.15 Å². The predicted molar refractivity (Wildman–Crippen MR) is 73.8 cm³/mol. The van der Waals surface area contributed by atoms with Gasteiger partial charge in [0.05, 0.1) is 0 Å². The lowest BCUT2D eigenvalue weighted by Crippen LogP contribution is -2.17. The molecular weight excluding hydrogens is 244 g/mol. The SMILES string of the molecule is [B]c1cnn2c(Cl)cc(C3CCCCC3C)nc12. The molecule has 2 radical (unpaired) electrons. The van der Waals surface area contributed by atoms with Crippen LogP contribution in [-0.4, -0.2) is 22.4 Å². The van der Waals surface area contributed by atoms with Crippen LogP contribution in [0.3, 0.4) is 0 Å². The van der Waals surface area contributed by atoms with Crippen molar-refractivity contribution < 1.29 is 0 Å². The van der Waals surface area contributed by atoms with Crippen molar-refractivity contribution in [2.45, 2.75) is 38.5 Å². The van der Waals surface area contributed by atoms with E-state index in [0.717, 1.165) is 5.69 Å². The average molecular weight is 260 g/mol. The number of halogens is 1. The first-order valence-corrected chi connectivity index (χ1v) is 6.84. The lowest BCUT2D eigenvalue weighted by atomic mass is 9.78. The molecule has 2 aromatic rings. The molecule has 1 saturated carbocycles. The normalized spacial score (nSPS) is 24.6. The molecule has 1 aliphatic carbocycles. The van der Waals surface area contributed by atoms with Crippen LogP contribution >= 0.6 is 11.6 Å². The summed E-state index contributed by atoms with van der Waals surface area (Å²) in [5, 5.41) is 4.71. The molecule has 2 unspecified atom stereocenters. The minimum atomic E-state index is 0.496. The van der Waals surface area contributed by atoms with E-state index in [1.54, 1.807) is 10.7 Å². The van der Waals surface area contributed by atoms with Gasteiger partial charge in [0, 0.05) is 17.8 Å². The minimum absolute atomic E-state index is 0.496. The van der Waals surface area contributed by atoms with Crippen molar-refractivity contribution in [2.75, 3.05) is 0 Å². The Morgan fingerprint density at radius 2 is 2.17 bits per heavy atom. The molecular formula is C13H15BClN3. The Morgan fingerprint density at radius 1 is 1.39 bits per heavy atom. The summed E-state index contributed by atoms with van der Waals surface area (Å²) in [4.78, 5) is 4.66. The summed E-state index contributed by atoms with van der Waals surface area (Å²) >= 11 is 6.25. The second-order valence-corrected chi connectivity index (χ2v) is 5.59. The van der Waals surface area contributed by atoms with Gasteiger partial charge in [-0.15, -0.1) is 0 Å². The van der Waals surface area contributed by atoms with E-state index in [1.807, 2.05) is 6.07 Å². The zero-order chi connectivity index (χ0) is 12.7. The molecule has 5 heteroatoms. The first-order valence-electron chi connectivity index (χ1n) is 6.46. The number of hydrogen-bond donors (Lipinski definition) is 0. The van der Waals surface area contributed by atoms with E-state index in [2.05, 4.69) is 17.0 Å². The van der Waals surface area contributed by atoms with E-state index in [9.17, 15) is 0 Å². The molecule has 1 aliphatic rings. The lowest BCUT2D eigenvalue weighted by Gasteiger charge is -2.28. The zero-order valence-electron chi connectivity index (χ0n) is 10.4. The Labute approximate surface area is 113 Å². The lowest BCUT2D eigenvalue weighted by molar-refractivity contribution is 0.325. The fourth-order valence-electron chi connectivity index (χ4n) is 2.91. The molecule has 92 valence electrons. The van der Waals surface area contributed by atoms with Crippen molar-refractivity contribution in [3.8, 4) is 0 Å². The molecule has 0 saturated heterocycles. The average Bonchev–Trinajstić information content (AvgIpc) is 2.72. The fraction of sp³-hybridized carbons (Fsp3) is 0.538. The van der Waals surface area contributed by atoms with E-state index < -0.39 is 0 Å². The van der Waals surface area contributed by atoms with Gasteiger partial charge >= 0.3 is 0 Å². The van der Waals surface area contributed by atoms with Gasteiger partial charge in [-0.25, -0.2) is 9.50 Å². The summed E-state index contributed by atoms with van der Waals surface area (Å²) in [6.07, 6.45) is 6.65. The third-order valence-corrected chi connectivity index (χ3v) is 4.24. The van der Waals surface area contributed by atoms with Crippen molar-refractivity contribution in [3.63, 3.8) is 0 Å². The van der Waals surface area contributed by atoms with Crippen LogP contribution in [0.15, 0.2) is 12.3 Å². The summed E-state index contributed by atoms with van der Waals surface area (Å²) in [7, 11) is 5.87. The smallest absolute Gasteiger partial charge is 0.149 e. The quantitative estimate of drug-likeness (QED) is 0.582. The third kappa shape index (κ3) is 1.93. The topological polar surface area (TPSA) is 30.2 Å². The van der Waals surface area contributed by atoms with Crippen LogP contribution < -0.4 is 5.46 Å². The fourth-order valence-corrected chi connectivity index (χ4v) is 3.14. The molecule has 3 rings (SSSR count). The highest BCUT2D eigenvalue weighted by Crippen LogP contribution is 2.37. The van der Waals surface area contributed by atoms with Gasteiger partial charge in [-0.2, -0.15) is 5.10 Å². The molecule has 0 aliphatic heterocycles. The number of hydrogen-bond acceptors (Lipinski definition) is 2. The Morgan fingerprint density at radius 3 is 2.94 bits per heavy atom. The summed E-state index contributed by atoms with van der Waals surface area (Å²) in [6.45, 7) is 2.29. The van der Waals surface area contributed by atoms with Gasteiger partial charge in [0.1, 0.15) is 18.6 Å². The molecule has 3 nitrogen and oxygen atoms in total. The van der Waals surface area contributed by atoms with Crippen molar-refractivity contribution in [2.24, 2.45) is 5.92 Å². The second kappa shape index (κ2) is 4.58. The summed E-state index contributed by atoms with van der Waals surface area (Å²) in [5.41, 5.74) is 2.32. The van der Waals surface area contributed by atoms with Crippen LogP contribution in [0.5, 0.6) is 0 Å². The maximum absolute atomic E-state index is 6.25. The molecule has 0 N–H and O–H groups in total. The number of nitrogens with zero attached hydrogens (tertiary/aromatic N) is 3. The van der Waals surface area contributed by atoms with Gasteiger partial charge in [0.25, 0.3) is 0 Å². The first kappa shape index (κ1) is 12.0. The molecule has 18 heavy (non-hydrogen) atoms. The second-order valence-electron chi connectivity index (χ2n) is 5.21. The van der Waals surface area contributed by atoms with E-state index in [-0.39, 0.29) is 0 Å². The Hall–Kier alpha value is -1.03. The molecule has 0 aromatic carbocycles. The highest BCUT2D eigenvalue weighted by atomic mass is 35.5. The van der Waals surface area contributed by atoms with Crippen LogP contribution in [0, 0.1) is 5.92 Å². The Balaban J connectivity index is 2.08. The molecule has 2 heterocycles. The monoisotopic (exact) mass is 259 g/mol.